The molecule has 5 unspecified atom stereocenters. The van der Waals surface area contributed by atoms with Gasteiger partial charge < -0.3 is 58.5 Å². The third kappa shape index (κ3) is 9.38. The van der Waals surface area contributed by atoms with E-state index in [4.69, 9.17) is 33.2 Å². The predicted octanol–water partition coefficient (Wildman–Crippen LogP) is 2.44. The number of rotatable bonds is 8. The van der Waals surface area contributed by atoms with Crippen LogP contribution in [-0.4, -0.2) is 150 Å². The molecule has 52 heavy (non-hydrogen) atoms. The lowest BCUT2D eigenvalue weighted by Gasteiger charge is -2.50. The molecule has 3 saturated heterocycles. The van der Waals surface area contributed by atoms with E-state index in [1.807, 2.05) is 32.8 Å². The minimum Gasteiger partial charge on any atom is -0.459 e. The van der Waals surface area contributed by atoms with E-state index >= 15 is 0 Å². The van der Waals surface area contributed by atoms with Gasteiger partial charge in [-0.2, -0.15) is 0 Å². The van der Waals surface area contributed by atoms with Crippen molar-refractivity contribution in [2.75, 3.05) is 28.3 Å². The van der Waals surface area contributed by atoms with Gasteiger partial charge in [0.25, 0.3) is 0 Å². The smallest absolute Gasteiger partial charge is 0.311 e. The molecule has 0 bridgehead atoms. The van der Waals surface area contributed by atoms with Gasteiger partial charge in [-0.25, -0.2) is 0 Å². The van der Waals surface area contributed by atoms with Crippen LogP contribution < -0.4 is 0 Å². The fourth-order valence-corrected chi connectivity index (χ4v) is 8.58. The van der Waals surface area contributed by atoms with Crippen LogP contribution >= 0.6 is 0 Å². The highest BCUT2D eigenvalue weighted by molar-refractivity contribution is 5.83. The van der Waals surface area contributed by atoms with Crippen LogP contribution in [0.3, 0.4) is 0 Å². The van der Waals surface area contributed by atoms with Crippen molar-refractivity contribution in [3.05, 3.63) is 0 Å². The number of carbonyl (C=O) groups is 2. The molecule has 0 aromatic carbocycles. The number of ketones is 1. The minimum atomic E-state index is -1.96. The number of aliphatic hydroxyl groups excluding tert-OH is 3. The lowest BCUT2D eigenvalue weighted by atomic mass is 9.74. The second kappa shape index (κ2) is 17.7. The summed E-state index contributed by atoms with van der Waals surface area (Å²) in [7, 11) is 6.77. The van der Waals surface area contributed by atoms with E-state index in [9.17, 15) is 30.0 Å². The second-order valence-corrected chi connectivity index (χ2v) is 16.6. The molecular weight excluding hydrogens is 678 g/mol. The molecule has 3 heterocycles. The van der Waals surface area contributed by atoms with Crippen molar-refractivity contribution in [3.63, 3.8) is 0 Å². The maximum atomic E-state index is 14.2. The highest BCUT2D eigenvalue weighted by Crippen LogP contribution is 2.41. The molecule has 0 spiro atoms. The molecule has 0 saturated carbocycles. The fourth-order valence-electron chi connectivity index (χ4n) is 8.58. The van der Waals surface area contributed by atoms with E-state index < -0.39 is 102 Å². The Hall–Kier alpha value is -1.30. The van der Waals surface area contributed by atoms with Gasteiger partial charge in [-0.1, -0.05) is 27.7 Å². The summed E-state index contributed by atoms with van der Waals surface area (Å²) in [4.78, 5) is 30.1. The Morgan fingerprint density at radius 2 is 1.44 bits per heavy atom. The Morgan fingerprint density at radius 1 is 0.846 bits per heavy atom. The van der Waals surface area contributed by atoms with E-state index in [-0.39, 0.29) is 37.2 Å². The van der Waals surface area contributed by atoms with Crippen molar-refractivity contribution in [3.8, 4) is 0 Å². The summed E-state index contributed by atoms with van der Waals surface area (Å²) in [6.07, 6.45) is -8.73. The number of hydrogen-bond donors (Lipinski definition) is 4. The number of esters is 1. The number of methoxy groups -OCH3 is 2. The van der Waals surface area contributed by atoms with Crippen LogP contribution in [-0.2, 0) is 42.7 Å². The summed E-state index contributed by atoms with van der Waals surface area (Å²) in [6, 6.07) is -0.283. The van der Waals surface area contributed by atoms with Crippen LogP contribution in [0.5, 0.6) is 0 Å². The average Bonchev–Trinajstić information content (AvgIpc) is 3.09. The molecule has 0 amide bonds. The zero-order valence-electron chi connectivity index (χ0n) is 33.9. The number of cyclic esters (lactones) is 1. The Labute approximate surface area is 310 Å². The Balaban J connectivity index is 2.22. The van der Waals surface area contributed by atoms with E-state index in [0.29, 0.717) is 6.42 Å². The highest BCUT2D eigenvalue weighted by Gasteiger charge is 2.54. The molecule has 3 aliphatic heterocycles. The molecule has 3 aliphatic rings. The zero-order valence-corrected chi connectivity index (χ0v) is 33.9. The van der Waals surface area contributed by atoms with Crippen LogP contribution in [0.2, 0.25) is 0 Å². The number of carbonyl (C=O) groups excluding carboxylic acids is 2. The third-order valence-electron chi connectivity index (χ3n) is 12.3. The molecule has 0 aromatic rings. The zero-order chi connectivity index (χ0) is 39.7. The Bertz CT molecular complexity index is 1190. The van der Waals surface area contributed by atoms with Crippen molar-refractivity contribution in [2.24, 2.45) is 23.7 Å². The van der Waals surface area contributed by atoms with E-state index in [2.05, 4.69) is 0 Å². The minimum absolute atomic E-state index is 0.111. The number of Topliss-reactive ketones (excluding diaryl/α,β-unsaturated/α-hetero) is 1. The standard InChI is InChI=1S/C38H69NO13/c1-15-26-38(10,45)31(42)21(4)28(40)19(2)17-37(9,47-14)33(52-35-29(41)25(39(11)12)16-20(3)48-35)22(5)30(23(6)34(44)50-26)51-27-18-36(8,46-13)32(43)24(7)49-27/h19-27,29-33,35,41-43,45H,15-18H2,1-14H3/t19-,20?,21+,22+,23-,24+,25?,26-,27?,29?,30+,31-,32-,33-,35+,36?,37-,38-/m1/s1. The van der Waals surface area contributed by atoms with Crippen molar-refractivity contribution < 1.29 is 63.2 Å². The molecule has 0 aromatic heterocycles. The first-order valence-electron chi connectivity index (χ1n) is 18.9. The first kappa shape index (κ1) is 45.1. The highest BCUT2D eigenvalue weighted by atomic mass is 16.7. The van der Waals surface area contributed by atoms with Crippen molar-refractivity contribution in [2.45, 2.75) is 179 Å². The number of likely N-dealkylation sites (N-methyl/N-ethyl adjacent to an activating group) is 1. The number of nitrogens with zero attached hydrogens (tertiary/aromatic N) is 1. The molecule has 3 fully saturated rings. The van der Waals surface area contributed by atoms with Crippen LogP contribution in [0.25, 0.3) is 0 Å². The van der Waals surface area contributed by atoms with Gasteiger partial charge in [0.15, 0.2) is 12.6 Å². The van der Waals surface area contributed by atoms with Crippen molar-refractivity contribution in [1.29, 1.82) is 0 Å². The number of aliphatic hydroxyl groups is 4. The van der Waals surface area contributed by atoms with Crippen LogP contribution in [0.1, 0.15) is 94.9 Å². The molecule has 0 aliphatic carbocycles. The van der Waals surface area contributed by atoms with Crippen LogP contribution in [0, 0.1) is 23.7 Å². The van der Waals surface area contributed by atoms with Gasteiger partial charge >= 0.3 is 5.97 Å². The van der Waals surface area contributed by atoms with Gasteiger partial charge in [-0.15, -0.1) is 0 Å². The second-order valence-electron chi connectivity index (χ2n) is 16.6. The summed E-state index contributed by atoms with van der Waals surface area (Å²) in [6.45, 7) is 17.1. The fraction of sp³-hybridized carbons (Fsp3) is 0.947. The largest absolute Gasteiger partial charge is 0.459 e. The van der Waals surface area contributed by atoms with E-state index in [1.54, 1.807) is 48.5 Å². The van der Waals surface area contributed by atoms with Gasteiger partial charge in [0.2, 0.25) is 0 Å². The summed E-state index contributed by atoms with van der Waals surface area (Å²) in [5.74, 6) is -4.47. The van der Waals surface area contributed by atoms with Crippen molar-refractivity contribution in [1.82, 2.24) is 4.90 Å². The first-order chi connectivity index (χ1) is 24.0. The van der Waals surface area contributed by atoms with Crippen LogP contribution in [0.15, 0.2) is 0 Å². The summed E-state index contributed by atoms with van der Waals surface area (Å²) < 4.78 is 43.9. The third-order valence-corrected chi connectivity index (χ3v) is 12.3. The molecule has 18 atom stereocenters. The molecule has 3 rings (SSSR count). The van der Waals surface area contributed by atoms with Gasteiger partial charge in [-0.3, -0.25) is 9.59 Å². The molecule has 14 nitrogen and oxygen atoms in total. The lowest BCUT2D eigenvalue weighted by molar-refractivity contribution is -0.319. The average molecular weight is 748 g/mol. The van der Waals surface area contributed by atoms with Gasteiger partial charge in [0.05, 0.1) is 47.6 Å². The quantitative estimate of drug-likeness (QED) is 0.266. The topological polar surface area (TPSA) is 183 Å². The van der Waals surface area contributed by atoms with Crippen LogP contribution in [0.4, 0.5) is 0 Å². The van der Waals surface area contributed by atoms with Gasteiger partial charge in [-0.05, 0) is 74.9 Å². The summed E-state index contributed by atoms with van der Waals surface area (Å²) in [5, 5.41) is 45.6. The summed E-state index contributed by atoms with van der Waals surface area (Å²) >= 11 is 0. The summed E-state index contributed by atoms with van der Waals surface area (Å²) in [5.41, 5.74) is -4.24. The Kier molecular flexibility index (Phi) is 15.3. The van der Waals surface area contributed by atoms with Crippen molar-refractivity contribution >= 4 is 11.8 Å². The van der Waals surface area contributed by atoms with Gasteiger partial charge in [0.1, 0.15) is 29.7 Å². The lowest BCUT2D eigenvalue weighted by Crippen LogP contribution is -2.61. The first-order valence-corrected chi connectivity index (χ1v) is 18.9. The monoisotopic (exact) mass is 747 g/mol. The molecular formula is C38H69NO13. The maximum absolute atomic E-state index is 14.2. The van der Waals surface area contributed by atoms with E-state index in [1.165, 1.54) is 21.1 Å². The number of ether oxygens (including phenoxy) is 7. The molecule has 14 heteroatoms. The molecule has 4 N–H and O–H groups in total. The number of hydrogen-bond acceptors (Lipinski definition) is 14. The van der Waals surface area contributed by atoms with E-state index in [0.717, 1.165) is 0 Å². The normalized spacial score (nSPS) is 49.0. The SMILES string of the molecule is CC[C@H]1OC(=O)[C@H](C)[C@@H](OC2CC(C)(OC)[C@H](O)[C@H](C)O2)[C@H](C)[C@@H](O[C@@H]2OC(C)CC(N(C)C)C2O)[C@](C)(OC)C[C@@H](C)C(=O)[C@H](C)[C@@H](O)[C@]1(C)O. The molecule has 304 valence electrons. The maximum Gasteiger partial charge on any atom is 0.311 e. The Morgan fingerprint density at radius 3 is 1.98 bits per heavy atom. The molecule has 0 radical (unpaired) electrons. The predicted molar refractivity (Wildman–Crippen MR) is 191 cm³/mol. The van der Waals surface area contributed by atoms with Gasteiger partial charge in [0, 0.05) is 44.4 Å².